The van der Waals surface area contributed by atoms with Crippen LogP contribution in [-0.2, 0) is 4.74 Å². The Morgan fingerprint density at radius 3 is 2.39 bits per heavy atom. The van der Waals surface area contributed by atoms with E-state index in [2.05, 4.69) is 5.32 Å². The largest absolute Gasteiger partial charge is 0.447 e. The Hall–Kier alpha value is -1.75. The van der Waals surface area contributed by atoms with Crippen molar-refractivity contribution in [2.45, 2.75) is 19.4 Å². The number of nitrogens with two attached hydrogens (primary N) is 1. The highest BCUT2D eigenvalue weighted by molar-refractivity contribution is 5.84. The molecule has 5 nitrogen and oxygen atoms in total. The van der Waals surface area contributed by atoms with E-state index >= 15 is 0 Å². The Kier molecular flexibility index (Phi) is 4.55. The van der Waals surface area contributed by atoms with E-state index in [0.717, 1.165) is 0 Å². The molecule has 18 heavy (non-hydrogen) atoms. The number of likely N-dealkylation sites (N-methyl/N-ethyl adjacent to an activating group) is 1. The molecule has 1 aromatic carbocycles. The molecule has 0 radical (unpaired) electrons. The topological polar surface area (TPSA) is 67.6 Å². The van der Waals surface area contributed by atoms with Crippen molar-refractivity contribution in [3.63, 3.8) is 0 Å². The van der Waals surface area contributed by atoms with Crippen LogP contribution in [0.5, 0.6) is 0 Å². The van der Waals surface area contributed by atoms with E-state index in [4.69, 9.17) is 10.5 Å². The molecule has 1 rings (SSSR count). The summed E-state index contributed by atoms with van der Waals surface area (Å²) in [6.07, 6.45) is -0.463. The first-order chi connectivity index (χ1) is 8.31. The molecule has 0 atom stereocenters. The molecule has 1 aromatic rings. The van der Waals surface area contributed by atoms with Gasteiger partial charge in [0.15, 0.2) is 0 Å². The third-order valence-corrected chi connectivity index (χ3v) is 2.92. The molecule has 0 aliphatic rings. The SMILES string of the molecule is CN(C)C(C)(C)COC(=O)Nc1ccc(N)cc1. The lowest BCUT2D eigenvalue weighted by Crippen LogP contribution is -2.43. The van der Waals surface area contributed by atoms with Crippen LogP contribution in [0, 0.1) is 0 Å². The number of hydrogen-bond donors (Lipinski definition) is 2. The van der Waals surface area contributed by atoms with E-state index in [9.17, 15) is 4.79 Å². The number of amides is 1. The van der Waals surface area contributed by atoms with Gasteiger partial charge in [0.2, 0.25) is 0 Å². The van der Waals surface area contributed by atoms with Gasteiger partial charge in [-0.1, -0.05) is 0 Å². The van der Waals surface area contributed by atoms with Gasteiger partial charge in [-0.05, 0) is 52.2 Å². The summed E-state index contributed by atoms with van der Waals surface area (Å²) in [6.45, 7) is 4.33. The first kappa shape index (κ1) is 14.3. The van der Waals surface area contributed by atoms with Gasteiger partial charge in [0.05, 0.1) is 0 Å². The van der Waals surface area contributed by atoms with Crippen LogP contribution < -0.4 is 11.1 Å². The zero-order valence-electron chi connectivity index (χ0n) is 11.4. The third-order valence-electron chi connectivity index (χ3n) is 2.92. The smallest absolute Gasteiger partial charge is 0.411 e. The van der Waals surface area contributed by atoms with Crippen molar-refractivity contribution in [2.24, 2.45) is 0 Å². The Balaban J connectivity index is 2.45. The van der Waals surface area contributed by atoms with Crippen LogP contribution in [0.15, 0.2) is 24.3 Å². The fourth-order valence-electron chi connectivity index (χ4n) is 1.09. The molecule has 0 fully saturated rings. The second kappa shape index (κ2) is 5.73. The van der Waals surface area contributed by atoms with Gasteiger partial charge in [-0.2, -0.15) is 0 Å². The van der Waals surface area contributed by atoms with Gasteiger partial charge in [0.1, 0.15) is 6.61 Å². The van der Waals surface area contributed by atoms with Crippen LogP contribution >= 0.6 is 0 Å². The molecule has 0 unspecified atom stereocenters. The van der Waals surface area contributed by atoms with Gasteiger partial charge in [0.25, 0.3) is 0 Å². The van der Waals surface area contributed by atoms with Gasteiger partial charge in [0, 0.05) is 16.9 Å². The summed E-state index contributed by atoms with van der Waals surface area (Å²) in [5.41, 5.74) is 6.68. The predicted molar refractivity (Wildman–Crippen MR) is 73.6 cm³/mol. The van der Waals surface area contributed by atoms with E-state index in [1.165, 1.54) is 0 Å². The number of nitrogen functional groups attached to an aromatic ring is 1. The van der Waals surface area contributed by atoms with Gasteiger partial charge >= 0.3 is 6.09 Å². The highest BCUT2D eigenvalue weighted by Crippen LogP contribution is 2.13. The fraction of sp³-hybridized carbons (Fsp3) is 0.462. The minimum Gasteiger partial charge on any atom is -0.447 e. The lowest BCUT2D eigenvalue weighted by atomic mass is 10.1. The molecular formula is C13H21N3O2. The number of carbonyl (C=O) groups is 1. The second-order valence-electron chi connectivity index (χ2n) is 5.03. The van der Waals surface area contributed by atoms with Crippen molar-refractivity contribution in [2.75, 3.05) is 31.8 Å². The number of benzene rings is 1. The molecule has 100 valence electrons. The van der Waals surface area contributed by atoms with Gasteiger partial charge in [-0.15, -0.1) is 0 Å². The Labute approximate surface area is 108 Å². The van der Waals surface area contributed by atoms with E-state index in [0.29, 0.717) is 18.0 Å². The van der Waals surface area contributed by atoms with Crippen molar-refractivity contribution in [1.29, 1.82) is 0 Å². The average molecular weight is 251 g/mol. The summed E-state index contributed by atoms with van der Waals surface area (Å²) in [5.74, 6) is 0. The van der Waals surface area contributed by atoms with Crippen LogP contribution in [0.3, 0.4) is 0 Å². The number of nitrogens with zero attached hydrogens (tertiary/aromatic N) is 1. The minimum absolute atomic E-state index is 0.196. The van der Waals surface area contributed by atoms with E-state index in [1.807, 2.05) is 32.8 Å². The van der Waals surface area contributed by atoms with Crippen molar-refractivity contribution in [1.82, 2.24) is 4.90 Å². The monoisotopic (exact) mass is 251 g/mol. The van der Waals surface area contributed by atoms with Gasteiger partial charge in [-0.25, -0.2) is 4.79 Å². The zero-order valence-corrected chi connectivity index (χ0v) is 11.4. The molecule has 0 saturated heterocycles. The second-order valence-corrected chi connectivity index (χ2v) is 5.03. The summed E-state index contributed by atoms with van der Waals surface area (Å²) in [6, 6.07) is 6.90. The summed E-state index contributed by atoms with van der Waals surface area (Å²) >= 11 is 0. The van der Waals surface area contributed by atoms with E-state index in [-0.39, 0.29) is 5.54 Å². The predicted octanol–water partition coefficient (Wildman–Crippen LogP) is 2.16. The van der Waals surface area contributed by atoms with E-state index in [1.54, 1.807) is 24.3 Å². The summed E-state index contributed by atoms with van der Waals surface area (Å²) in [7, 11) is 3.89. The quantitative estimate of drug-likeness (QED) is 0.805. The lowest BCUT2D eigenvalue weighted by Gasteiger charge is -2.31. The molecule has 0 aromatic heterocycles. The molecule has 0 aliphatic heterocycles. The molecule has 0 spiro atoms. The van der Waals surface area contributed by atoms with Gasteiger partial charge in [-0.3, -0.25) is 5.32 Å². The number of hydrogen-bond acceptors (Lipinski definition) is 4. The van der Waals surface area contributed by atoms with Crippen molar-refractivity contribution >= 4 is 17.5 Å². The molecule has 0 saturated carbocycles. The number of carbonyl (C=O) groups excluding carboxylic acids is 1. The highest BCUT2D eigenvalue weighted by Gasteiger charge is 2.22. The molecular weight excluding hydrogens is 230 g/mol. The fourth-order valence-corrected chi connectivity index (χ4v) is 1.09. The Bertz CT molecular complexity index is 399. The summed E-state index contributed by atoms with van der Waals surface area (Å²) < 4.78 is 5.18. The average Bonchev–Trinajstić information content (AvgIpc) is 2.29. The summed E-state index contributed by atoms with van der Waals surface area (Å²) in [4.78, 5) is 13.6. The lowest BCUT2D eigenvalue weighted by molar-refractivity contribution is 0.0775. The standard InChI is InChI=1S/C13H21N3O2/c1-13(2,16(3)4)9-18-12(17)15-11-7-5-10(14)6-8-11/h5-8H,9,14H2,1-4H3,(H,15,17). The molecule has 5 heteroatoms. The van der Waals surface area contributed by atoms with Crippen molar-refractivity contribution < 1.29 is 9.53 Å². The minimum atomic E-state index is -0.463. The first-order valence-corrected chi connectivity index (χ1v) is 5.78. The first-order valence-electron chi connectivity index (χ1n) is 5.78. The normalized spacial score (nSPS) is 11.4. The molecule has 3 N–H and O–H groups in total. The van der Waals surface area contributed by atoms with Crippen LogP contribution in [0.25, 0.3) is 0 Å². The summed E-state index contributed by atoms with van der Waals surface area (Å²) in [5, 5.41) is 2.65. The maximum absolute atomic E-state index is 11.6. The third kappa shape index (κ3) is 4.25. The van der Waals surface area contributed by atoms with Crippen LogP contribution in [0.2, 0.25) is 0 Å². The van der Waals surface area contributed by atoms with Crippen LogP contribution in [0.4, 0.5) is 16.2 Å². The van der Waals surface area contributed by atoms with Gasteiger partial charge < -0.3 is 15.4 Å². The Morgan fingerprint density at radius 1 is 1.33 bits per heavy atom. The molecule has 0 aliphatic carbocycles. The number of nitrogens with one attached hydrogen (secondary N) is 1. The van der Waals surface area contributed by atoms with Crippen molar-refractivity contribution in [3.8, 4) is 0 Å². The number of ether oxygens (including phenoxy) is 1. The maximum atomic E-state index is 11.6. The Morgan fingerprint density at radius 2 is 1.89 bits per heavy atom. The molecule has 0 heterocycles. The maximum Gasteiger partial charge on any atom is 0.411 e. The van der Waals surface area contributed by atoms with Crippen LogP contribution in [0.1, 0.15) is 13.8 Å². The number of rotatable bonds is 4. The molecule has 1 amide bonds. The molecule has 0 bridgehead atoms. The zero-order chi connectivity index (χ0) is 13.8. The highest BCUT2D eigenvalue weighted by atomic mass is 16.5. The van der Waals surface area contributed by atoms with E-state index < -0.39 is 6.09 Å². The van der Waals surface area contributed by atoms with Crippen molar-refractivity contribution in [3.05, 3.63) is 24.3 Å². The van der Waals surface area contributed by atoms with Crippen LogP contribution in [-0.4, -0.2) is 37.2 Å². The number of anilines is 2.